The molecule has 0 saturated carbocycles. The first-order chi connectivity index (χ1) is 11.8. The predicted octanol–water partition coefficient (Wildman–Crippen LogP) is 3.21. The zero-order valence-corrected chi connectivity index (χ0v) is 15.7. The van der Waals surface area contributed by atoms with Crippen molar-refractivity contribution in [1.29, 1.82) is 0 Å². The van der Waals surface area contributed by atoms with Crippen LogP contribution < -0.4 is 0 Å². The summed E-state index contributed by atoms with van der Waals surface area (Å²) in [5.74, 6) is -0.921. The Morgan fingerprint density at radius 1 is 1.20 bits per heavy atom. The molecule has 138 valence electrons. The van der Waals surface area contributed by atoms with E-state index in [4.69, 9.17) is 5.11 Å². The monoisotopic (exact) mass is 346 g/mol. The van der Waals surface area contributed by atoms with E-state index in [1.807, 2.05) is 4.90 Å². The first-order valence-electron chi connectivity index (χ1n) is 9.19. The highest BCUT2D eigenvalue weighted by Crippen LogP contribution is 2.28. The van der Waals surface area contributed by atoms with Crippen LogP contribution in [0.3, 0.4) is 0 Å². The fourth-order valence-electron chi connectivity index (χ4n) is 3.68. The van der Waals surface area contributed by atoms with Crippen LogP contribution in [0, 0.1) is 0 Å². The third kappa shape index (κ3) is 4.82. The number of aromatic carboxylic acids is 1. The molecule has 0 aliphatic carbocycles. The van der Waals surface area contributed by atoms with Gasteiger partial charge in [-0.25, -0.2) is 4.79 Å². The SMILES string of the molecule is CC(C)N(CCN1CCCC(c2ccc(C(=O)O)cc2)C1=O)C(C)C. The summed E-state index contributed by atoms with van der Waals surface area (Å²) in [7, 11) is 0. The number of hydrogen-bond acceptors (Lipinski definition) is 3. The molecule has 1 N–H and O–H groups in total. The fraction of sp³-hybridized carbons (Fsp3) is 0.600. The Kier molecular flexibility index (Phi) is 6.59. The van der Waals surface area contributed by atoms with Gasteiger partial charge in [-0.2, -0.15) is 0 Å². The number of carbonyl (C=O) groups excluding carboxylic acids is 1. The third-order valence-corrected chi connectivity index (χ3v) is 5.05. The van der Waals surface area contributed by atoms with E-state index >= 15 is 0 Å². The zero-order chi connectivity index (χ0) is 18.6. The molecule has 0 radical (unpaired) electrons. The van der Waals surface area contributed by atoms with Crippen LogP contribution in [0.2, 0.25) is 0 Å². The number of hydrogen-bond donors (Lipinski definition) is 1. The number of carbonyl (C=O) groups is 2. The molecule has 1 aromatic rings. The quantitative estimate of drug-likeness (QED) is 0.823. The molecule has 0 aromatic heterocycles. The van der Waals surface area contributed by atoms with Gasteiger partial charge in [0.05, 0.1) is 11.5 Å². The van der Waals surface area contributed by atoms with Crippen molar-refractivity contribution in [2.75, 3.05) is 19.6 Å². The highest BCUT2D eigenvalue weighted by atomic mass is 16.4. The molecule has 1 aliphatic rings. The van der Waals surface area contributed by atoms with Crippen LogP contribution in [0.5, 0.6) is 0 Å². The van der Waals surface area contributed by atoms with E-state index in [1.165, 1.54) is 0 Å². The number of piperidine rings is 1. The number of nitrogens with zero attached hydrogens (tertiary/aromatic N) is 2. The Hall–Kier alpha value is -1.88. The average molecular weight is 346 g/mol. The highest BCUT2D eigenvalue weighted by molar-refractivity contribution is 5.88. The van der Waals surface area contributed by atoms with Gasteiger partial charge in [0, 0.05) is 31.7 Å². The fourth-order valence-corrected chi connectivity index (χ4v) is 3.68. The minimum atomic E-state index is -0.939. The molecule has 2 rings (SSSR count). The van der Waals surface area contributed by atoms with Crippen LogP contribution in [-0.4, -0.2) is 58.5 Å². The van der Waals surface area contributed by atoms with Crippen molar-refractivity contribution in [3.05, 3.63) is 35.4 Å². The largest absolute Gasteiger partial charge is 0.478 e. The number of likely N-dealkylation sites (tertiary alicyclic amines) is 1. The van der Waals surface area contributed by atoms with Crippen LogP contribution >= 0.6 is 0 Å². The number of rotatable bonds is 7. The predicted molar refractivity (Wildman–Crippen MR) is 98.9 cm³/mol. The molecule has 1 aromatic carbocycles. The molecule has 1 heterocycles. The molecule has 1 saturated heterocycles. The maximum Gasteiger partial charge on any atom is 0.335 e. The molecule has 1 amide bonds. The molecule has 1 unspecified atom stereocenters. The lowest BCUT2D eigenvalue weighted by Gasteiger charge is -2.36. The van der Waals surface area contributed by atoms with Crippen LogP contribution in [0.1, 0.15) is 62.4 Å². The van der Waals surface area contributed by atoms with E-state index in [2.05, 4.69) is 32.6 Å². The molecule has 0 spiro atoms. The maximum absolute atomic E-state index is 12.9. The van der Waals surface area contributed by atoms with E-state index in [0.29, 0.717) is 12.1 Å². The van der Waals surface area contributed by atoms with Crippen LogP contribution in [0.25, 0.3) is 0 Å². The first kappa shape index (κ1) is 19.4. The maximum atomic E-state index is 12.9. The lowest BCUT2D eigenvalue weighted by Crippen LogP contribution is -2.47. The topological polar surface area (TPSA) is 60.9 Å². The van der Waals surface area contributed by atoms with Crippen LogP contribution in [0.15, 0.2) is 24.3 Å². The minimum absolute atomic E-state index is 0.150. The second-order valence-electron chi connectivity index (χ2n) is 7.37. The van der Waals surface area contributed by atoms with Crippen molar-refractivity contribution in [3.8, 4) is 0 Å². The zero-order valence-electron chi connectivity index (χ0n) is 15.7. The second kappa shape index (κ2) is 8.48. The van der Waals surface area contributed by atoms with Gasteiger partial charge in [-0.1, -0.05) is 12.1 Å². The summed E-state index contributed by atoms with van der Waals surface area (Å²) >= 11 is 0. The molecule has 5 heteroatoms. The minimum Gasteiger partial charge on any atom is -0.478 e. The normalized spacial score (nSPS) is 18.4. The van der Waals surface area contributed by atoms with Crippen molar-refractivity contribution < 1.29 is 14.7 Å². The van der Waals surface area contributed by atoms with Gasteiger partial charge in [0.15, 0.2) is 0 Å². The summed E-state index contributed by atoms with van der Waals surface area (Å²) < 4.78 is 0. The third-order valence-electron chi connectivity index (χ3n) is 5.05. The average Bonchev–Trinajstić information content (AvgIpc) is 2.56. The van der Waals surface area contributed by atoms with Crippen LogP contribution in [0.4, 0.5) is 0 Å². The molecule has 0 bridgehead atoms. The van der Waals surface area contributed by atoms with Crippen LogP contribution in [-0.2, 0) is 4.79 Å². The molecular formula is C20H30N2O3. The van der Waals surface area contributed by atoms with Crippen molar-refractivity contribution >= 4 is 11.9 Å². The van der Waals surface area contributed by atoms with Gasteiger partial charge < -0.3 is 10.0 Å². The van der Waals surface area contributed by atoms with E-state index in [1.54, 1.807) is 24.3 Å². The second-order valence-corrected chi connectivity index (χ2v) is 7.37. The van der Waals surface area contributed by atoms with Crippen molar-refractivity contribution in [2.45, 2.75) is 58.5 Å². The van der Waals surface area contributed by atoms with E-state index in [0.717, 1.165) is 38.0 Å². The van der Waals surface area contributed by atoms with Gasteiger partial charge in [0.2, 0.25) is 5.91 Å². The molecular weight excluding hydrogens is 316 g/mol. The van der Waals surface area contributed by atoms with Gasteiger partial charge in [-0.05, 0) is 58.2 Å². The Labute approximate surface area is 150 Å². The summed E-state index contributed by atoms with van der Waals surface area (Å²) in [6.45, 7) is 11.2. The van der Waals surface area contributed by atoms with Gasteiger partial charge in [0.25, 0.3) is 0 Å². The standard InChI is InChI=1S/C20H30N2O3/c1-14(2)22(15(3)4)13-12-21-11-5-6-18(19(21)23)16-7-9-17(10-8-16)20(24)25/h7-10,14-15,18H,5-6,11-13H2,1-4H3,(H,24,25). The summed E-state index contributed by atoms with van der Waals surface area (Å²) in [5, 5.41) is 9.01. The first-order valence-corrected chi connectivity index (χ1v) is 9.19. The Balaban J connectivity index is 2.03. The van der Waals surface area contributed by atoms with Crippen molar-refractivity contribution in [3.63, 3.8) is 0 Å². The summed E-state index contributed by atoms with van der Waals surface area (Å²) in [5.41, 5.74) is 1.18. The number of carboxylic acid groups (broad SMARTS) is 1. The molecule has 1 atom stereocenters. The Morgan fingerprint density at radius 2 is 1.80 bits per heavy atom. The van der Waals surface area contributed by atoms with Gasteiger partial charge in [-0.15, -0.1) is 0 Å². The molecule has 5 nitrogen and oxygen atoms in total. The molecule has 1 aliphatic heterocycles. The Morgan fingerprint density at radius 3 is 2.32 bits per heavy atom. The smallest absolute Gasteiger partial charge is 0.335 e. The summed E-state index contributed by atoms with van der Waals surface area (Å²) in [4.78, 5) is 28.2. The molecule has 25 heavy (non-hydrogen) atoms. The van der Waals surface area contributed by atoms with Gasteiger partial charge >= 0.3 is 5.97 Å². The van der Waals surface area contributed by atoms with Crippen molar-refractivity contribution in [1.82, 2.24) is 9.80 Å². The number of amides is 1. The number of benzene rings is 1. The lowest BCUT2D eigenvalue weighted by molar-refractivity contribution is -0.135. The highest BCUT2D eigenvalue weighted by Gasteiger charge is 2.30. The van der Waals surface area contributed by atoms with E-state index < -0.39 is 5.97 Å². The van der Waals surface area contributed by atoms with E-state index in [-0.39, 0.29) is 17.4 Å². The summed E-state index contributed by atoms with van der Waals surface area (Å²) in [6.07, 6.45) is 1.82. The lowest BCUT2D eigenvalue weighted by atomic mass is 9.89. The molecule has 1 fully saturated rings. The van der Waals surface area contributed by atoms with Gasteiger partial charge in [0.1, 0.15) is 0 Å². The number of carboxylic acids is 1. The van der Waals surface area contributed by atoms with Crippen molar-refractivity contribution in [2.24, 2.45) is 0 Å². The summed E-state index contributed by atoms with van der Waals surface area (Å²) in [6, 6.07) is 7.65. The van der Waals surface area contributed by atoms with E-state index in [9.17, 15) is 9.59 Å². The Bertz CT molecular complexity index is 587. The van der Waals surface area contributed by atoms with Gasteiger partial charge in [-0.3, -0.25) is 9.69 Å².